The van der Waals surface area contributed by atoms with Crippen LogP contribution in [0, 0.1) is 0 Å². The molecular weight excluding hydrogens is 300 g/mol. The molecule has 0 aliphatic rings. The molecule has 0 saturated carbocycles. The summed E-state index contributed by atoms with van der Waals surface area (Å²) in [5.74, 6) is 0.152. The predicted octanol–water partition coefficient (Wildman–Crippen LogP) is 4.93. The number of ketones is 2. The van der Waals surface area contributed by atoms with Crippen molar-refractivity contribution in [2.45, 2.75) is 23.6 Å². The van der Waals surface area contributed by atoms with Gasteiger partial charge in [-0.15, -0.1) is 23.5 Å². The molecule has 0 heterocycles. The van der Waals surface area contributed by atoms with E-state index in [4.69, 9.17) is 0 Å². The molecule has 0 fully saturated rings. The summed E-state index contributed by atoms with van der Waals surface area (Å²) in [5.41, 5.74) is 1.51. The van der Waals surface area contributed by atoms with E-state index in [1.165, 1.54) is 0 Å². The molecular formula is C17H16O2S2. The summed E-state index contributed by atoms with van der Waals surface area (Å²) in [6.45, 7) is 3.16. The lowest BCUT2D eigenvalue weighted by Gasteiger charge is -2.08. The lowest BCUT2D eigenvalue weighted by molar-refractivity contribution is 0.100. The second kappa shape index (κ2) is 7.48. The molecule has 0 radical (unpaired) electrons. The van der Waals surface area contributed by atoms with Crippen molar-refractivity contribution in [2.75, 3.05) is 5.08 Å². The second-order valence-corrected chi connectivity index (χ2v) is 6.91. The van der Waals surface area contributed by atoms with Gasteiger partial charge in [0.1, 0.15) is 0 Å². The Morgan fingerprint density at radius 1 is 0.762 bits per heavy atom. The van der Waals surface area contributed by atoms with Crippen LogP contribution in [-0.2, 0) is 0 Å². The summed E-state index contributed by atoms with van der Waals surface area (Å²) in [7, 11) is 0. The van der Waals surface area contributed by atoms with Crippen molar-refractivity contribution < 1.29 is 9.59 Å². The fourth-order valence-corrected chi connectivity index (χ4v) is 4.26. The van der Waals surface area contributed by atoms with Crippen LogP contribution >= 0.6 is 23.5 Å². The highest BCUT2D eigenvalue weighted by atomic mass is 32.2. The Kier molecular flexibility index (Phi) is 5.65. The lowest BCUT2D eigenvalue weighted by atomic mass is 10.1. The molecule has 0 aliphatic carbocycles. The van der Waals surface area contributed by atoms with E-state index in [2.05, 4.69) is 0 Å². The average molecular weight is 316 g/mol. The van der Waals surface area contributed by atoms with Crippen LogP contribution in [0.3, 0.4) is 0 Å². The zero-order valence-corrected chi connectivity index (χ0v) is 13.6. The third-order valence-electron chi connectivity index (χ3n) is 2.96. The van der Waals surface area contributed by atoms with Crippen molar-refractivity contribution in [1.82, 2.24) is 0 Å². The number of carbonyl (C=O) groups excluding carboxylic acids is 2. The van der Waals surface area contributed by atoms with E-state index in [1.807, 2.05) is 48.5 Å². The maximum Gasteiger partial charge on any atom is 0.160 e. The van der Waals surface area contributed by atoms with Crippen molar-refractivity contribution >= 4 is 35.1 Å². The van der Waals surface area contributed by atoms with Crippen molar-refractivity contribution in [2.24, 2.45) is 0 Å². The average Bonchev–Trinajstić information content (AvgIpc) is 2.48. The van der Waals surface area contributed by atoms with Gasteiger partial charge in [0.15, 0.2) is 11.6 Å². The van der Waals surface area contributed by atoms with Crippen LogP contribution in [0.25, 0.3) is 0 Å². The zero-order chi connectivity index (χ0) is 15.2. The lowest BCUT2D eigenvalue weighted by Crippen LogP contribution is -1.96. The molecule has 2 rings (SSSR count). The topological polar surface area (TPSA) is 34.1 Å². The number of hydrogen-bond acceptors (Lipinski definition) is 4. The van der Waals surface area contributed by atoms with Gasteiger partial charge in [-0.25, -0.2) is 0 Å². The van der Waals surface area contributed by atoms with Gasteiger partial charge in [0.2, 0.25) is 0 Å². The van der Waals surface area contributed by atoms with Crippen molar-refractivity contribution in [3.05, 3.63) is 59.7 Å². The Morgan fingerprint density at radius 3 is 1.52 bits per heavy atom. The summed E-state index contributed by atoms with van der Waals surface area (Å²) in [6, 6.07) is 15.2. The Hall–Kier alpha value is -1.52. The third-order valence-corrected chi connectivity index (χ3v) is 5.24. The first-order valence-corrected chi connectivity index (χ1v) is 8.52. The molecule has 0 atom stereocenters. The van der Waals surface area contributed by atoms with Gasteiger partial charge in [-0.05, 0) is 26.0 Å². The second-order valence-electron chi connectivity index (χ2n) is 4.51. The molecule has 0 saturated heterocycles. The molecule has 21 heavy (non-hydrogen) atoms. The van der Waals surface area contributed by atoms with Gasteiger partial charge in [0.05, 0.1) is 0 Å². The van der Waals surface area contributed by atoms with Gasteiger partial charge in [-0.3, -0.25) is 9.59 Å². The Labute approximate surface area is 133 Å². The minimum absolute atomic E-state index is 0.0761. The van der Waals surface area contributed by atoms with Crippen LogP contribution in [0.4, 0.5) is 0 Å². The SMILES string of the molecule is CC(=O)c1ccccc1SCSc1ccccc1C(C)=O. The minimum atomic E-state index is 0.0761. The van der Waals surface area contributed by atoms with E-state index in [9.17, 15) is 9.59 Å². The van der Waals surface area contributed by atoms with E-state index in [0.717, 1.165) is 26.0 Å². The third kappa shape index (κ3) is 4.22. The summed E-state index contributed by atoms with van der Waals surface area (Å²) in [4.78, 5) is 25.1. The molecule has 0 aliphatic heterocycles. The zero-order valence-electron chi connectivity index (χ0n) is 12.0. The first kappa shape index (κ1) is 15.9. The van der Waals surface area contributed by atoms with E-state index in [1.54, 1.807) is 37.4 Å². The number of benzene rings is 2. The Bertz CT molecular complexity index is 608. The van der Waals surface area contributed by atoms with Crippen LogP contribution in [-0.4, -0.2) is 16.7 Å². The number of hydrogen-bond donors (Lipinski definition) is 0. The smallest absolute Gasteiger partial charge is 0.160 e. The highest BCUT2D eigenvalue weighted by Crippen LogP contribution is 2.31. The maximum atomic E-state index is 11.6. The van der Waals surface area contributed by atoms with E-state index < -0.39 is 0 Å². The summed E-state index contributed by atoms with van der Waals surface area (Å²) in [6.07, 6.45) is 0. The maximum absolute atomic E-state index is 11.6. The van der Waals surface area contributed by atoms with Crippen molar-refractivity contribution in [3.8, 4) is 0 Å². The van der Waals surface area contributed by atoms with E-state index >= 15 is 0 Å². The van der Waals surface area contributed by atoms with Gasteiger partial charge < -0.3 is 0 Å². The molecule has 0 bridgehead atoms. The number of thioether (sulfide) groups is 2. The first-order valence-electron chi connectivity index (χ1n) is 6.55. The summed E-state index contributed by atoms with van der Waals surface area (Å²) >= 11 is 3.24. The molecule has 0 spiro atoms. The molecule has 108 valence electrons. The molecule has 4 heteroatoms. The van der Waals surface area contributed by atoms with E-state index in [0.29, 0.717) is 0 Å². The minimum Gasteiger partial charge on any atom is -0.294 e. The van der Waals surface area contributed by atoms with Gasteiger partial charge in [0.25, 0.3) is 0 Å². The van der Waals surface area contributed by atoms with E-state index in [-0.39, 0.29) is 11.6 Å². The van der Waals surface area contributed by atoms with Gasteiger partial charge in [-0.1, -0.05) is 36.4 Å². The summed E-state index contributed by atoms with van der Waals surface area (Å²) in [5, 5.41) is 0.759. The highest BCUT2D eigenvalue weighted by Gasteiger charge is 2.09. The highest BCUT2D eigenvalue weighted by molar-refractivity contribution is 8.16. The summed E-state index contributed by atoms with van der Waals surface area (Å²) < 4.78 is 0. The van der Waals surface area contributed by atoms with Crippen LogP contribution < -0.4 is 0 Å². The predicted molar refractivity (Wildman–Crippen MR) is 89.5 cm³/mol. The standard InChI is InChI=1S/C17H16O2S2/c1-12(18)14-7-3-5-9-16(14)20-11-21-17-10-6-4-8-15(17)13(2)19/h3-10H,11H2,1-2H3. The first-order chi connectivity index (χ1) is 10.1. The normalized spacial score (nSPS) is 10.4. The number of rotatable bonds is 6. The van der Waals surface area contributed by atoms with Gasteiger partial charge in [0, 0.05) is 26.0 Å². The molecule has 0 amide bonds. The molecule has 2 aromatic carbocycles. The molecule has 0 N–H and O–H groups in total. The van der Waals surface area contributed by atoms with Gasteiger partial charge >= 0.3 is 0 Å². The van der Waals surface area contributed by atoms with Crippen LogP contribution in [0.2, 0.25) is 0 Å². The fourth-order valence-electron chi connectivity index (χ4n) is 1.92. The molecule has 0 unspecified atom stereocenters. The number of carbonyl (C=O) groups is 2. The molecule has 2 nitrogen and oxygen atoms in total. The molecule has 0 aromatic heterocycles. The fraction of sp³-hybridized carbons (Fsp3) is 0.176. The Balaban J connectivity index is 2.06. The van der Waals surface area contributed by atoms with Crippen LogP contribution in [0.5, 0.6) is 0 Å². The van der Waals surface area contributed by atoms with Crippen LogP contribution in [0.1, 0.15) is 34.6 Å². The largest absolute Gasteiger partial charge is 0.294 e. The quantitative estimate of drug-likeness (QED) is 0.430. The number of Topliss-reactive ketones (excluding diaryl/α,β-unsaturated/α-hetero) is 2. The van der Waals surface area contributed by atoms with Crippen molar-refractivity contribution in [1.29, 1.82) is 0 Å². The monoisotopic (exact) mass is 316 g/mol. The van der Waals surface area contributed by atoms with Gasteiger partial charge in [-0.2, -0.15) is 0 Å². The molecule has 2 aromatic rings. The Morgan fingerprint density at radius 2 is 1.14 bits per heavy atom. The van der Waals surface area contributed by atoms with Crippen molar-refractivity contribution in [3.63, 3.8) is 0 Å². The van der Waals surface area contributed by atoms with Crippen LogP contribution in [0.15, 0.2) is 58.3 Å².